The molecule has 0 bridgehead atoms. The minimum Gasteiger partial charge on any atom is -0.331 e. The number of thiocarbonyl (C=S) groups is 1. The first-order valence-corrected chi connectivity index (χ1v) is 11.9. The van der Waals surface area contributed by atoms with Gasteiger partial charge in [0.1, 0.15) is 21.2 Å². The van der Waals surface area contributed by atoms with Crippen molar-refractivity contribution in [2.24, 2.45) is 0 Å². The van der Waals surface area contributed by atoms with Gasteiger partial charge in [-0.05, 0) is 43.2 Å². The topological polar surface area (TPSA) is 73.5 Å². The zero-order chi connectivity index (χ0) is 21.3. The molecule has 2 amide bonds. The van der Waals surface area contributed by atoms with Crippen LogP contribution in [0.1, 0.15) is 11.1 Å². The van der Waals surface area contributed by atoms with E-state index in [-0.39, 0.29) is 34.5 Å². The molecule has 2 aliphatic heterocycles. The number of thioether (sulfide) groups is 2. The largest absolute Gasteiger partial charge is 0.331 e. The van der Waals surface area contributed by atoms with E-state index in [2.05, 4.69) is 16.0 Å². The fourth-order valence-electron chi connectivity index (χ4n) is 3.41. The normalized spacial score (nSPS) is 23.1. The smallest absolute Gasteiger partial charge is 0.238 e. The second-order valence-electron chi connectivity index (χ2n) is 7.19. The van der Waals surface area contributed by atoms with E-state index in [4.69, 9.17) is 12.2 Å². The summed E-state index contributed by atoms with van der Waals surface area (Å²) in [5.41, 5.74) is 3.48. The first kappa shape index (κ1) is 21.2. The van der Waals surface area contributed by atoms with Gasteiger partial charge in [-0.2, -0.15) is 0 Å². The monoisotopic (exact) mass is 458 g/mol. The van der Waals surface area contributed by atoms with E-state index in [0.717, 1.165) is 22.5 Å². The molecule has 2 aliphatic rings. The summed E-state index contributed by atoms with van der Waals surface area (Å²) in [7, 11) is 0. The zero-order valence-corrected chi connectivity index (χ0v) is 19.0. The van der Waals surface area contributed by atoms with E-state index < -0.39 is 0 Å². The molecule has 9 heteroatoms. The number of anilines is 2. The quantitative estimate of drug-likeness (QED) is 0.594. The Bertz CT molecular complexity index is 985. The molecule has 2 aromatic rings. The first-order valence-electron chi connectivity index (χ1n) is 9.52. The summed E-state index contributed by atoms with van der Waals surface area (Å²) in [6, 6.07) is 15.7. The van der Waals surface area contributed by atoms with E-state index in [1.807, 2.05) is 67.3 Å². The number of carbonyl (C=O) groups is 2. The minimum absolute atomic E-state index is 0.0723. The summed E-state index contributed by atoms with van der Waals surface area (Å²) in [5.74, 6) is 0.0334. The molecule has 0 saturated carbocycles. The number of aryl methyl sites for hydroxylation is 2. The molecule has 4 rings (SSSR count). The average molecular weight is 459 g/mol. The summed E-state index contributed by atoms with van der Waals surface area (Å²) in [4.78, 5) is 27.1. The number of amides is 2. The molecule has 0 aromatic heterocycles. The standard InChI is InChI=1S/C21H22N4O2S3/c1-12-8-9-13(2)15(10-12)22-16(26)11-29-20-23-18-17(19(27)24-20)30-21(28)25(18)14-6-4-3-5-7-14/h3-10,17-18,20,23H,11H2,1-2H3,(H,22,26)(H,24,27). The van der Waals surface area contributed by atoms with Crippen LogP contribution < -0.4 is 20.9 Å². The second kappa shape index (κ2) is 8.97. The Morgan fingerprint density at radius 1 is 1.23 bits per heavy atom. The highest BCUT2D eigenvalue weighted by Gasteiger charge is 2.47. The van der Waals surface area contributed by atoms with Crippen molar-refractivity contribution in [3.63, 3.8) is 0 Å². The molecule has 156 valence electrons. The highest BCUT2D eigenvalue weighted by Crippen LogP contribution is 2.37. The molecule has 3 atom stereocenters. The summed E-state index contributed by atoms with van der Waals surface area (Å²) >= 11 is 8.27. The summed E-state index contributed by atoms with van der Waals surface area (Å²) in [6.45, 7) is 3.95. The SMILES string of the molecule is Cc1ccc(C)c(NC(=O)CSC2NC(=O)C3SC(=S)N(c4ccccc4)C3N2)c1. The van der Waals surface area contributed by atoms with Crippen molar-refractivity contribution in [2.45, 2.75) is 30.8 Å². The molecule has 2 heterocycles. The Hall–Kier alpha value is -2.07. The number of hydrogen-bond acceptors (Lipinski definition) is 6. The molecule has 0 radical (unpaired) electrons. The van der Waals surface area contributed by atoms with Crippen LogP contribution in [0, 0.1) is 13.8 Å². The third-order valence-corrected chi connectivity index (χ3v) is 7.55. The van der Waals surface area contributed by atoms with Crippen LogP contribution in [-0.4, -0.2) is 38.8 Å². The molecule has 2 aromatic carbocycles. The number of carbonyl (C=O) groups excluding carboxylic acids is 2. The molecule has 3 N–H and O–H groups in total. The number of fused-ring (bicyclic) bond motifs is 1. The number of para-hydroxylation sites is 1. The van der Waals surface area contributed by atoms with E-state index in [9.17, 15) is 9.59 Å². The molecule has 30 heavy (non-hydrogen) atoms. The third kappa shape index (κ3) is 4.49. The van der Waals surface area contributed by atoms with Crippen molar-refractivity contribution in [3.05, 3.63) is 59.7 Å². The maximum Gasteiger partial charge on any atom is 0.238 e. The van der Waals surface area contributed by atoms with Gasteiger partial charge in [0.05, 0.1) is 5.75 Å². The summed E-state index contributed by atoms with van der Waals surface area (Å²) in [5, 5.41) is 9.01. The van der Waals surface area contributed by atoms with Crippen LogP contribution in [0.5, 0.6) is 0 Å². The fraction of sp³-hybridized carbons (Fsp3) is 0.286. The lowest BCUT2D eigenvalue weighted by molar-refractivity contribution is -0.122. The van der Waals surface area contributed by atoms with Crippen molar-refractivity contribution in [1.82, 2.24) is 10.6 Å². The van der Waals surface area contributed by atoms with Crippen molar-refractivity contribution < 1.29 is 9.59 Å². The number of nitrogens with one attached hydrogen (secondary N) is 3. The fourth-order valence-corrected chi connectivity index (χ4v) is 5.82. The third-order valence-electron chi connectivity index (χ3n) is 4.93. The average Bonchev–Trinajstić information content (AvgIpc) is 3.06. The number of benzene rings is 2. The van der Waals surface area contributed by atoms with Crippen LogP contribution >= 0.6 is 35.7 Å². The summed E-state index contributed by atoms with van der Waals surface area (Å²) in [6.07, 6.45) is -0.252. The maximum atomic E-state index is 12.7. The van der Waals surface area contributed by atoms with Gasteiger partial charge >= 0.3 is 0 Å². The molecule has 2 fully saturated rings. The van der Waals surface area contributed by atoms with E-state index in [1.54, 1.807) is 0 Å². The lowest BCUT2D eigenvalue weighted by atomic mass is 10.1. The van der Waals surface area contributed by atoms with Crippen LogP contribution in [0.15, 0.2) is 48.5 Å². The van der Waals surface area contributed by atoms with Gasteiger partial charge in [-0.15, -0.1) is 11.8 Å². The number of rotatable bonds is 5. The van der Waals surface area contributed by atoms with Crippen molar-refractivity contribution in [1.29, 1.82) is 0 Å². The highest BCUT2D eigenvalue weighted by atomic mass is 32.2. The molecule has 6 nitrogen and oxygen atoms in total. The molecule has 0 aliphatic carbocycles. The van der Waals surface area contributed by atoms with Gasteiger partial charge in [-0.25, -0.2) is 0 Å². The number of hydrogen-bond donors (Lipinski definition) is 3. The van der Waals surface area contributed by atoms with Crippen molar-refractivity contribution in [2.75, 3.05) is 16.0 Å². The molecular weight excluding hydrogens is 436 g/mol. The Morgan fingerprint density at radius 3 is 2.77 bits per heavy atom. The Morgan fingerprint density at radius 2 is 2.00 bits per heavy atom. The Labute approximate surface area is 189 Å². The van der Waals surface area contributed by atoms with Gasteiger partial charge in [0.15, 0.2) is 0 Å². The minimum atomic E-state index is -0.379. The predicted octanol–water partition coefficient (Wildman–Crippen LogP) is 3.21. The van der Waals surface area contributed by atoms with Crippen LogP contribution in [0.2, 0.25) is 0 Å². The van der Waals surface area contributed by atoms with Gasteiger partial charge in [-0.1, -0.05) is 54.3 Å². The van der Waals surface area contributed by atoms with Gasteiger partial charge in [0.25, 0.3) is 0 Å². The predicted molar refractivity (Wildman–Crippen MR) is 129 cm³/mol. The Kier molecular flexibility index (Phi) is 6.33. The van der Waals surface area contributed by atoms with Gasteiger partial charge < -0.3 is 15.5 Å². The maximum absolute atomic E-state index is 12.7. The summed E-state index contributed by atoms with van der Waals surface area (Å²) < 4.78 is 0.664. The first-order chi connectivity index (χ1) is 14.4. The van der Waals surface area contributed by atoms with Gasteiger partial charge in [0, 0.05) is 11.4 Å². The van der Waals surface area contributed by atoms with Crippen LogP contribution in [0.3, 0.4) is 0 Å². The Balaban J connectivity index is 1.40. The lowest BCUT2D eigenvalue weighted by Gasteiger charge is -2.36. The molecule has 2 saturated heterocycles. The van der Waals surface area contributed by atoms with E-state index in [0.29, 0.717) is 4.32 Å². The van der Waals surface area contributed by atoms with E-state index in [1.165, 1.54) is 23.5 Å². The van der Waals surface area contributed by atoms with Crippen LogP contribution in [0.25, 0.3) is 0 Å². The van der Waals surface area contributed by atoms with Gasteiger partial charge in [-0.3, -0.25) is 14.9 Å². The van der Waals surface area contributed by atoms with Crippen molar-refractivity contribution in [3.8, 4) is 0 Å². The number of nitrogens with zero attached hydrogens (tertiary/aromatic N) is 1. The van der Waals surface area contributed by atoms with Gasteiger partial charge in [0.2, 0.25) is 11.8 Å². The second-order valence-corrected chi connectivity index (χ2v) is 10.1. The van der Waals surface area contributed by atoms with Crippen LogP contribution in [-0.2, 0) is 9.59 Å². The molecule has 3 unspecified atom stereocenters. The molecule has 0 spiro atoms. The van der Waals surface area contributed by atoms with E-state index >= 15 is 0 Å². The highest BCUT2D eigenvalue weighted by molar-refractivity contribution is 8.24. The lowest BCUT2D eigenvalue weighted by Crippen LogP contribution is -2.64. The zero-order valence-electron chi connectivity index (χ0n) is 16.5. The molecular formula is C21H22N4O2S3. The van der Waals surface area contributed by atoms with Crippen molar-refractivity contribution >= 4 is 63.3 Å². The van der Waals surface area contributed by atoms with Crippen LogP contribution in [0.4, 0.5) is 11.4 Å².